The molecule has 78 valence electrons. The van der Waals surface area contributed by atoms with Gasteiger partial charge in [-0.2, -0.15) is 4.57 Å². The highest BCUT2D eigenvalue weighted by Crippen LogP contribution is 1.94. The maximum atomic E-state index is 3.80. The van der Waals surface area contributed by atoms with E-state index in [0.717, 1.165) is 19.5 Å². The maximum absolute atomic E-state index is 3.80. The third-order valence-electron chi connectivity index (χ3n) is 1.78. The zero-order valence-electron chi connectivity index (χ0n) is 7.84. The summed E-state index contributed by atoms with van der Waals surface area (Å²) in [4.78, 5) is 0. The van der Waals surface area contributed by atoms with Crippen LogP contribution in [0.2, 0.25) is 0 Å². The maximum Gasteiger partial charge on any atom is 0.196 e. The molecular weight excluding hydrogens is 296 g/mol. The summed E-state index contributed by atoms with van der Waals surface area (Å²) in [5, 5.41) is 0. The van der Waals surface area contributed by atoms with Crippen molar-refractivity contribution in [3.8, 4) is 0 Å². The summed E-state index contributed by atoms with van der Waals surface area (Å²) in [6.45, 7) is 4.14. The Morgan fingerprint density at radius 2 is 1.85 bits per heavy atom. The van der Waals surface area contributed by atoms with Gasteiger partial charge in [-0.15, -0.1) is 0 Å². The molecule has 0 saturated heterocycles. The minimum Gasteiger partial charge on any atom is -1.00 e. The van der Waals surface area contributed by atoms with Gasteiger partial charge in [0.05, 0.1) is 0 Å². The average molecular weight is 314 g/mol. The van der Waals surface area contributed by atoms with Gasteiger partial charge in [0.15, 0.2) is 18.9 Å². The van der Waals surface area contributed by atoms with Crippen molar-refractivity contribution in [2.24, 2.45) is 0 Å². The first-order valence-corrected chi connectivity index (χ1v) is 4.14. The molecule has 0 radical (unpaired) electrons. The van der Waals surface area contributed by atoms with E-state index in [0.29, 0.717) is 0 Å². The van der Waals surface area contributed by atoms with E-state index in [2.05, 4.69) is 41.8 Å². The molecule has 0 spiro atoms. The highest BCUT2D eigenvalue weighted by Gasteiger charge is 1.97. The van der Waals surface area contributed by atoms with Crippen LogP contribution in [0.1, 0.15) is 13.9 Å². The highest BCUT2D eigenvalue weighted by molar-refractivity contribution is 5.06. The third-order valence-corrected chi connectivity index (χ3v) is 1.78. The zero-order valence-corrected chi connectivity index (χ0v) is 11.0. The van der Waals surface area contributed by atoms with Gasteiger partial charge in [0.2, 0.25) is 0 Å². The van der Waals surface area contributed by atoms with Crippen LogP contribution < -0.4 is 44.3 Å². The van der Waals surface area contributed by atoms with Gasteiger partial charge >= 0.3 is 0 Å². The molecule has 0 saturated carbocycles. The number of quaternary nitrogens is 1. The van der Waals surface area contributed by atoms with Gasteiger partial charge in [-0.1, -0.05) is 6.92 Å². The van der Waals surface area contributed by atoms with Crippen molar-refractivity contribution >= 4 is 0 Å². The summed E-state index contributed by atoms with van der Waals surface area (Å²) in [6.07, 6.45) is 5.35. The largest absolute Gasteiger partial charge is 1.00 e. The predicted molar refractivity (Wildman–Crippen MR) is 45.9 cm³/mol. The van der Waals surface area contributed by atoms with E-state index in [-0.39, 0.29) is 35.4 Å². The van der Waals surface area contributed by atoms with Crippen LogP contribution in [-0.4, -0.2) is 6.54 Å². The molecule has 13 heavy (non-hydrogen) atoms. The number of rotatable bonds is 3. The molecule has 1 aromatic heterocycles. The topological polar surface area (TPSA) is 31.5 Å². The van der Waals surface area contributed by atoms with E-state index in [9.17, 15) is 0 Å². The molecule has 2 nitrogen and oxygen atoms in total. The Morgan fingerprint density at radius 3 is 2.23 bits per heavy atom. The summed E-state index contributed by atoms with van der Waals surface area (Å²) in [7, 11) is 0. The molecule has 0 aliphatic carbocycles. The van der Waals surface area contributed by atoms with Crippen LogP contribution in [0.5, 0.6) is 0 Å². The van der Waals surface area contributed by atoms with E-state index in [4.69, 9.17) is 0 Å². The molecule has 0 fully saturated rings. The van der Waals surface area contributed by atoms with Crippen LogP contribution in [0.4, 0.5) is 0 Å². The van der Waals surface area contributed by atoms with Crippen LogP contribution in [0.15, 0.2) is 24.5 Å². The number of nitrogens with zero attached hydrogens (tertiary/aromatic N) is 1. The minimum atomic E-state index is 0. The molecule has 0 atom stereocenters. The second kappa shape index (κ2) is 8.66. The Kier molecular flexibility index (Phi) is 10.3. The lowest BCUT2D eigenvalue weighted by atomic mass is 10.2. The number of hydrogen-bond acceptors (Lipinski definition) is 0. The Balaban J connectivity index is -0.000000403. The van der Waals surface area contributed by atoms with Crippen molar-refractivity contribution in [2.45, 2.75) is 19.9 Å². The second-order valence-electron chi connectivity index (χ2n) is 2.65. The molecular formula is C9H18Br2N2. The van der Waals surface area contributed by atoms with Gasteiger partial charge in [-0.3, -0.25) is 0 Å². The lowest BCUT2D eigenvalue weighted by molar-refractivity contribution is -0.711. The highest BCUT2D eigenvalue weighted by atomic mass is 79.9. The number of aromatic nitrogens is 1. The van der Waals surface area contributed by atoms with Crippen molar-refractivity contribution in [1.29, 1.82) is 0 Å². The second-order valence-corrected chi connectivity index (χ2v) is 2.65. The number of pyridine rings is 1. The Labute approximate surface area is 102 Å². The van der Waals surface area contributed by atoms with E-state index in [1.807, 2.05) is 0 Å². The first-order chi connectivity index (χ1) is 5.36. The fourth-order valence-corrected chi connectivity index (χ4v) is 1.06. The van der Waals surface area contributed by atoms with Crippen molar-refractivity contribution in [1.82, 2.24) is 0 Å². The average Bonchev–Trinajstić information content (AvgIpc) is 2.07. The Bertz CT molecular complexity index is 217. The molecule has 1 aromatic rings. The zero-order chi connectivity index (χ0) is 8.10. The SMILES string of the molecule is CCc1cc[n+](CC[NH3+])cc1.[Br-].[Br-].[HH]. The van der Waals surface area contributed by atoms with Crippen LogP contribution in [0.3, 0.4) is 0 Å². The van der Waals surface area contributed by atoms with Crippen LogP contribution >= 0.6 is 0 Å². The molecule has 0 aliphatic rings. The fourth-order valence-electron chi connectivity index (χ4n) is 1.06. The van der Waals surface area contributed by atoms with Gasteiger partial charge < -0.3 is 39.7 Å². The van der Waals surface area contributed by atoms with Crippen molar-refractivity contribution in [2.75, 3.05) is 6.54 Å². The molecule has 4 heteroatoms. The number of hydrogen-bond donors (Lipinski definition) is 1. The molecule has 0 bridgehead atoms. The summed E-state index contributed by atoms with van der Waals surface area (Å²) >= 11 is 0. The summed E-state index contributed by atoms with van der Waals surface area (Å²) in [6, 6.07) is 4.32. The number of aryl methyl sites for hydroxylation is 1. The standard InChI is InChI=1S/C9H15N2.2BrH.H2/c1-2-9-3-6-11(7-4-9)8-5-10;;;/h3-4,6-7H,2,5,8,10H2,1H3;3*1H/q+1;;;/p-1. The van der Waals surface area contributed by atoms with Crippen LogP contribution in [0.25, 0.3) is 0 Å². The molecule has 0 unspecified atom stereocenters. The van der Waals surface area contributed by atoms with E-state index in [1.54, 1.807) is 0 Å². The van der Waals surface area contributed by atoms with E-state index in [1.165, 1.54) is 5.56 Å². The number of halogens is 2. The first kappa shape index (κ1) is 15.5. The summed E-state index contributed by atoms with van der Waals surface area (Å²) in [5.41, 5.74) is 5.20. The van der Waals surface area contributed by atoms with E-state index < -0.39 is 0 Å². The van der Waals surface area contributed by atoms with Gasteiger partial charge in [0.25, 0.3) is 0 Å². The fraction of sp³-hybridized carbons (Fsp3) is 0.444. The molecule has 0 aromatic carbocycles. The quantitative estimate of drug-likeness (QED) is 0.539. The first-order valence-electron chi connectivity index (χ1n) is 4.14. The van der Waals surface area contributed by atoms with Gasteiger partial charge in [0.1, 0.15) is 6.54 Å². The lowest BCUT2D eigenvalue weighted by Gasteiger charge is -1.94. The molecule has 3 N–H and O–H groups in total. The van der Waals surface area contributed by atoms with Crippen LogP contribution in [-0.2, 0) is 13.0 Å². The third kappa shape index (κ3) is 5.39. The van der Waals surface area contributed by atoms with Gasteiger partial charge in [-0.05, 0) is 12.0 Å². The van der Waals surface area contributed by atoms with Crippen molar-refractivity contribution in [3.63, 3.8) is 0 Å². The molecule has 0 aliphatic heterocycles. The predicted octanol–water partition coefficient (Wildman–Crippen LogP) is -5.97. The van der Waals surface area contributed by atoms with Crippen molar-refractivity contribution < 1.29 is 45.7 Å². The summed E-state index contributed by atoms with van der Waals surface area (Å²) in [5.74, 6) is 0. The lowest BCUT2D eigenvalue weighted by Crippen LogP contribution is -3.00. The van der Waals surface area contributed by atoms with Gasteiger partial charge in [0, 0.05) is 13.6 Å². The molecule has 0 amide bonds. The molecule has 1 rings (SSSR count). The normalized spacial score (nSPS) is 8.46. The molecule has 1 heterocycles. The minimum absolute atomic E-state index is 0. The van der Waals surface area contributed by atoms with Crippen LogP contribution in [0, 0.1) is 0 Å². The van der Waals surface area contributed by atoms with Crippen molar-refractivity contribution in [3.05, 3.63) is 30.1 Å². The monoisotopic (exact) mass is 312 g/mol. The summed E-state index contributed by atoms with van der Waals surface area (Å²) < 4.78 is 2.16. The van der Waals surface area contributed by atoms with Gasteiger partial charge in [-0.25, -0.2) is 0 Å². The Morgan fingerprint density at radius 1 is 1.31 bits per heavy atom. The Hall–Kier alpha value is 0.0700. The van der Waals surface area contributed by atoms with E-state index >= 15 is 0 Å². The smallest absolute Gasteiger partial charge is 0.196 e.